The molecule has 14 heteroatoms. The molecular formula is C38H44ClF3N8O2. The standard InChI is InChI=1S/C38H44ClF3N8O2/c1-47-15-6-7-24(22-47)23-50-33-11-5-4-10-31(33)44-35(50)32(21-25-19-28(38(40,41)42)34(43)29(39)20-25)46-36(51)48-16-13-27(14-17-48)49-18-12-26-8-2-3-9-30(26)45-37(49)52/h2-5,8-11,19-20,24,27,32H,6-7,12-18,21-23,43H2,1H3,(H,45,52)(H,46,51). The molecule has 10 nitrogen and oxygen atoms in total. The fraction of sp³-hybridized carbons (Fsp3) is 0.447. The Morgan fingerprint density at radius 2 is 1.81 bits per heavy atom. The lowest BCUT2D eigenvalue weighted by Gasteiger charge is -2.38. The number of alkyl halides is 3. The van der Waals surface area contributed by atoms with E-state index >= 15 is 0 Å². The molecule has 4 heterocycles. The number of rotatable bonds is 7. The highest BCUT2D eigenvalue weighted by molar-refractivity contribution is 6.33. The Labute approximate surface area is 306 Å². The quantitative estimate of drug-likeness (QED) is 0.174. The van der Waals surface area contributed by atoms with Gasteiger partial charge >= 0.3 is 18.2 Å². The molecule has 4 aromatic rings. The number of likely N-dealkylation sites (tertiary alicyclic amines) is 2. The number of urea groups is 2. The van der Waals surface area contributed by atoms with Crippen molar-refractivity contribution in [1.82, 2.24) is 29.6 Å². The predicted molar refractivity (Wildman–Crippen MR) is 196 cm³/mol. The third-order valence-corrected chi connectivity index (χ3v) is 11.0. The molecule has 276 valence electrons. The van der Waals surface area contributed by atoms with E-state index in [1.54, 1.807) is 4.90 Å². The first kappa shape index (κ1) is 35.9. The highest BCUT2D eigenvalue weighted by Gasteiger charge is 2.36. The van der Waals surface area contributed by atoms with Crippen LogP contribution in [0.1, 0.15) is 54.2 Å². The van der Waals surface area contributed by atoms with Gasteiger partial charge in [0.25, 0.3) is 0 Å². The molecule has 7 rings (SSSR count). The summed E-state index contributed by atoms with van der Waals surface area (Å²) >= 11 is 6.27. The van der Waals surface area contributed by atoms with E-state index < -0.39 is 23.5 Å². The van der Waals surface area contributed by atoms with E-state index in [1.165, 1.54) is 6.07 Å². The second-order valence-electron chi connectivity index (χ2n) is 14.3. The first-order valence-corrected chi connectivity index (χ1v) is 18.3. The van der Waals surface area contributed by atoms with Gasteiger partial charge in [-0.15, -0.1) is 0 Å². The predicted octanol–water partition coefficient (Wildman–Crippen LogP) is 7.18. The van der Waals surface area contributed by atoms with Gasteiger partial charge in [-0.3, -0.25) is 0 Å². The van der Waals surface area contributed by atoms with Gasteiger partial charge in [0.1, 0.15) is 5.82 Å². The Hall–Kier alpha value is -4.49. The Balaban J connectivity index is 1.15. The number of piperidine rings is 2. The van der Waals surface area contributed by atoms with Gasteiger partial charge in [0, 0.05) is 50.9 Å². The van der Waals surface area contributed by atoms with Crippen LogP contribution in [0.2, 0.25) is 5.02 Å². The first-order valence-electron chi connectivity index (χ1n) is 17.9. The summed E-state index contributed by atoms with van der Waals surface area (Å²) < 4.78 is 44.2. The minimum Gasteiger partial charge on any atom is -0.397 e. The number of nitrogens with one attached hydrogen (secondary N) is 2. The SMILES string of the molecule is CN1CCCC(Cn2c(C(Cc3cc(Cl)c(N)c(C(F)(F)F)c3)NC(=O)N3CCC(N4CCc5ccccc5NC4=O)CC3)nc3ccccc32)C1. The van der Waals surface area contributed by atoms with Crippen LogP contribution in [-0.2, 0) is 25.6 Å². The number of amides is 4. The van der Waals surface area contributed by atoms with Crippen molar-refractivity contribution in [3.05, 3.63) is 88.2 Å². The smallest absolute Gasteiger partial charge is 0.397 e. The normalized spacial score (nSPS) is 19.6. The molecule has 52 heavy (non-hydrogen) atoms. The maximum absolute atomic E-state index is 14.1. The van der Waals surface area contributed by atoms with Crippen LogP contribution in [0.15, 0.2) is 60.7 Å². The molecule has 3 aromatic carbocycles. The summed E-state index contributed by atoms with van der Waals surface area (Å²) in [4.78, 5) is 38.2. The molecule has 0 radical (unpaired) electrons. The number of nitrogen functional groups attached to an aromatic ring is 1. The monoisotopic (exact) mass is 736 g/mol. The molecule has 0 aliphatic carbocycles. The van der Waals surface area contributed by atoms with E-state index in [9.17, 15) is 22.8 Å². The van der Waals surface area contributed by atoms with Crippen LogP contribution >= 0.6 is 11.6 Å². The molecule has 0 bridgehead atoms. The van der Waals surface area contributed by atoms with Crippen molar-refractivity contribution in [2.45, 2.75) is 63.3 Å². The Morgan fingerprint density at radius 3 is 2.58 bits per heavy atom. The average Bonchev–Trinajstić information content (AvgIpc) is 3.38. The Bertz CT molecular complexity index is 1940. The number of anilines is 2. The van der Waals surface area contributed by atoms with E-state index in [0.717, 1.165) is 60.7 Å². The molecular weight excluding hydrogens is 693 g/mol. The van der Waals surface area contributed by atoms with Crippen LogP contribution in [0.5, 0.6) is 0 Å². The van der Waals surface area contributed by atoms with Crippen LogP contribution in [0.25, 0.3) is 11.0 Å². The molecule has 2 atom stereocenters. The lowest BCUT2D eigenvalue weighted by Crippen LogP contribution is -2.52. The molecule has 3 aliphatic rings. The van der Waals surface area contributed by atoms with E-state index in [-0.39, 0.29) is 35.1 Å². The molecule has 2 saturated heterocycles. The van der Waals surface area contributed by atoms with Gasteiger partial charge in [0.05, 0.1) is 33.3 Å². The third-order valence-electron chi connectivity index (χ3n) is 10.7. The van der Waals surface area contributed by atoms with Crippen molar-refractivity contribution in [1.29, 1.82) is 0 Å². The fourth-order valence-electron chi connectivity index (χ4n) is 8.06. The van der Waals surface area contributed by atoms with E-state index in [1.807, 2.05) is 53.4 Å². The lowest BCUT2D eigenvalue weighted by molar-refractivity contribution is -0.137. The molecule has 2 fully saturated rings. The fourth-order valence-corrected chi connectivity index (χ4v) is 8.30. The minimum absolute atomic E-state index is 0.00762. The number of carbonyl (C=O) groups excluding carboxylic acids is 2. The first-order chi connectivity index (χ1) is 24.9. The maximum atomic E-state index is 14.1. The summed E-state index contributed by atoms with van der Waals surface area (Å²) in [5, 5.41) is 6.00. The molecule has 4 N–H and O–H groups in total. The zero-order valence-electron chi connectivity index (χ0n) is 29.1. The zero-order valence-corrected chi connectivity index (χ0v) is 29.9. The summed E-state index contributed by atoms with van der Waals surface area (Å²) in [7, 11) is 2.10. The van der Waals surface area contributed by atoms with Gasteiger partial charge in [-0.2, -0.15) is 13.2 Å². The molecule has 2 unspecified atom stereocenters. The van der Waals surface area contributed by atoms with Crippen LogP contribution in [0, 0.1) is 5.92 Å². The summed E-state index contributed by atoms with van der Waals surface area (Å²) in [6.45, 7) is 3.99. The number of para-hydroxylation sites is 3. The van der Waals surface area contributed by atoms with Crippen LogP contribution in [0.4, 0.5) is 34.1 Å². The van der Waals surface area contributed by atoms with E-state index in [4.69, 9.17) is 22.3 Å². The summed E-state index contributed by atoms with van der Waals surface area (Å²) in [6.07, 6.45) is -0.675. The van der Waals surface area contributed by atoms with Gasteiger partial charge in [-0.05, 0) is 93.1 Å². The van der Waals surface area contributed by atoms with E-state index in [0.29, 0.717) is 50.8 Å². The molecule has 0 spiro atoms. The Kier molecular flexibility index (Phi) is 10.3. The van der Waals surface area contributed by atoms with Gasteiger partial charge < -0.3 is 35.6 Å². The van der Waals surface area contributed by atoms with E-state index in [2.05, 4.69) is 27.1 Å². The highest BCUT2D eigenvalue weighted by Crippen LogP contribution is 2.39. The highest BCUT2D eigenvalue weighted by atomic mass is 35.5. The number of nitrogens with two attached hydrogens (primary N) is 1. The number of halogens is 4. The van der Waals surface area contributed by atoms with Gasteiger partial charge in [-0.25, -0.2) is 14.6 Å². The molecule has 0 saturated carbocycles. The topological polar surface area (TPSA) is 112 Å². The number of carbonyl (C=O) groups is 2. The van der Waals surface area contributed by atoms with Gasteiger partial charge in [0.2, 0.25) is 0 Å². The number of hydrogen-bond donors (Lipinski definition) is 3. The number of aromatic nitrogens is 2. The second kappa shape index (κ2) is 14.9. The zero-order chi connectivity index (χ0) is 36.6. The van der Waals surface area contributed by atoms with Crippen molar-refractivity contribution in [2.24, 2.45) is 5.92 Å². The van der Waals surface area contributed by atoms with Crippen LogP contribution in [-0.4, -0.2) is 82.1 Å². The minimum atomic E-state index is -4.71. The van der Waals surface area contributed by atoms with Gasteiger partial charge in [0.15, 0.2) is 0 Å². The number of imidazole rings is 1. The average molecular weight is 737 g/mol. The lowest BCUT2D eigenvalue weighted by atomic mass is 9.97. The molecule has 1 aromatic heterocycles. The van der Waals surface area contributed by atoms with Crippen molar-refractivity contribution in [3.63, 3.8) is 0 Å². The van der Waals surface area contributed by atoms with Crippen LogP contribution in [0.3, 0.4) is 0 Å². The van der Waals surface area contributed by atoms with Crippen molar-refractivity contribution in [3.8, 4) is 0 Å². The summed E-state index contributed by atoms with van der Waals surface area (Å²) in [5.74, 6) is 0.900. The number of hydrogen-bond acceptors (Lipinski definition) is 5. The second-order valence-corrected chi connectivity index (χ2v) is 14.7. The summed E-state index contributed by atoms with van der Waals surface area (Å²) in [5.41, 5.74) is 8.06. The van der Waals surface area contributed by atoms with Gasteiger partial charge in [-0.1, -0.05) is 41.9 Å². The number of benzene rings is 3. The molecule has 4 amide bonds. The van der Waals surface area contributed by atoms with Crippen LogP contribution < -0.4 is 16.4 Å². The van der Waals surface area contributed by atoms with Crippen molar-refractivity contribution < 1.29 is 22.8 Å². The number of fused-ring (bicyclic) bond motifs is 2. The Morgan fingerprint density at radius 1 is 1.06 bits per heavy atom. The van der Waals surface area contributed by atoms with Crippen molar-refractivity contribution >= 4 is 46.1 Å². The largest absolute Gasteiger partial charge is 0.418 e. The third kappa shape index (κ3) is 7.66. The number of nitrogens with zero attached hydrogens (tertiary/aromatic N) is 5. The summed E-state index contributed by atoms with van der Waals surface area (Å²) in [6, 6.07) is 16.7. The van der Waals surface area contributed by atoms with Crippen molar-refractivity contribution in [2.75, 3.05) is 50.8 Å². The molecule has 3 aliphatic heterocycles. The maximum Gasteiger partial charge on any atom is 0.418 e.